The number of ketones is 1. The van der Waals surface area contributed by atoms with Gasteiger partial charge in [-0.3, -0.25) is 14.4 Å². The minimum Gasteiger partial charge on any atom is -0.489 e. The van der Waals surface area contributed by atoms with E-state index in [1.165, 1.54) is 11.0 Å². The topological polar surface area (TPSA) is 89.7 Å². The van der Waals surface area contributed by atoms with Gasteiger partial charge in [-0.05, 0) is 42.0 Å². The number of primary amides is 1. The molecule has 27 heavy (non-hydrogen) atoms. The van der Waals surface area contributed by atoms with E-state index in [-0.39, 0.29) is 25.5 Å². The molecule has 2 aromatic rings. The SMILES string of the molecule is NC(=O)C(=O)C1CC(=O)N(c2ccc(OCc3ccc(F)c(F)c3)cc2)C1. The van der Waals surface area contributed by atoms with E-state index in [0.717, 1.165) is 12.1 Å². The van der Waals surface area contributed by atoms with Crippen molar-refractivity contribution >= 4 is 23.3 Å². The van der Waals surface area contributed by atoms with Crippen LogP contribution in [0, 0.1) is 17.6 Å². The normalized spacial score (nSPS) is 16.4. The Morgan fingerprint density at radius 2 is 1.81 bits per heavy atom. The molecule has 0 saturated carbocycles. The fourth-order valence-electron chi connectivity index (χ4n) is 2.85. The number of ether oxygens (including phenoxy) is 1. The van der Waals surface area contributed by atoms with Crippen LogP contribution < -0.4 is 15.4 Å². The molecular formula is C19H16F2N2O4. The number of anilines is 1. The lowest BCUT2D eigenvalue weighted by atomic mass is 10.0. The molecule has 2 N–H and O–H groups in total. The summed E-state index contributed by atoms with van der Waals surface area (Å²) in [5, 5.41) is 0. The first-order chi connectivity index (χ1) is 12.8. The molecular weight excluding hydrogens is 358 g/mol. The van der Waals surface area contributed by atoms with Crippen LogP contribution in [-0.4, -0.2) is 24.1 Å². The molecule has 1 unspecified atom stereocenters. The van der Waals surface area contributed by atoms with Gasteiger partial charge < -0.3 is 15.4 Å². The second-order valence-electron chi connectivity index (χ2n) is 6.16. The summed E-state index contributed by atoms with van der Waals surface area (Å²) in [6.07, 6.45) is -0.0594. The summed E-state index contributed by atoms with van der Waals surface area (Å²) in [4.78, 5) is 36.2. The number of nitrogens with two attached hydrogens (primary N) is 1. The van der Waals surface area contributed by atoms with Crippen molar-refractivity contribution in [1.82, 2.24) is 0 Å². The van der Waals surface area contributed by atoms with Gasteiger partial charge in [-0.15, -0.1) is 0 Å². The summed E-state index contributed by atoms with van der Waals surface area (Å²) in [5.41, 5.74) is 6.01. The Kier molecular flexibility index (Phi) is 5.16. The van der Waals surface area contributed by atoms with Crippen molar-refractivity contribution in [2.75, 3.05) is 11.4 Å². The number of amides is 2. The highest BCUT2D eigenvalue weighted by Gasteiger charge is 2.36. The molecule has 3 rings (SSSR count). The van der Waals surface area contributed by atoms with E-state index in [2.05, 4.69) is 0 Å². The molecule has 8 heteroatoms. The van der Waals surface area contributed by atoms with Crippen molar-refractivity contribution in [3.63, 3.8) is 0 Å². The maximum Gasteiger partial charge on any atom is 0.285 e. The van der Waals surface area contributed by atoms with Crippen molar-refractivity contribution in [2.45, 2.75) is 13.0 Å². The third kappa shape index (κ3) is 4.11. The fourth-order valence-corrected chi connectivity index (χ4v) is 2.85. The van der Waals surface area contributed by atoms with E-state index in [1.54, 1.807) is 24.3 Å². The molecule has 1 aliphatic rings. The summed E-state index contributed by atoms with van der Waals surface area (Å²) >= 11 is 0. The predicted octanol–water partition coefficient (Wildman–Crippen LogP) is 1.95. The standard InChI is InChI=1S/C19H16F2N2O4/c20-15-6-1-11(7-16(15)21)10-27-14-4-2-13(3-5-14)23-9-12(8-17(23)24)18(25)19(22)26/h1-7,12H,8-10H2,(H2,22,26). The van der Waals surface area contributed by atoms with Crippen LogP contribution in [0.15, 0.2) is 42.5 Å². The Labute approximate surface area is 153 Å². The first-order valence-electron chi connectivity index (χ1n) is 8.16. The maximum atomic E-state index is 13.2. The van der Waals surface area contributed by atoms with Gasteiger partial charge in [-0.25, -0.2) is 8.78 Å². The van der Waals surface area contributed by atoms with Gasteiger partial charge >= 0.3 is 0 Å². The van der Waals surface area contributed by atoms with Crippen LogP contribution >= 0.6 is 0 Å². The Balaban J connectivity index is 1.63. The Morgan fingerprint density at radius 3 is 2.44 bits per heavy atom. The lowest BCUT2D eigenvalue weighted by Crippen LogP contribution is -2.32. The number of carbonyl (C=O) groups excluding carboxylic acids is 3. The van der Waals surface area contributed by atoms with Crippen LogP contribution in [-0.2, 0) is 21.0 Å². The molecule has 1 fully saturated rings. The summed E-state index contributed by atoms with van der Waals surface area (Å²) in [5.74, 6) is -4.21. The summed E-state index contributed by atoms with van der Waals surface area (Å²) in [6.45, 7) is 0.143. The zero-order valence-electron chi connectivity index (χ0n) is 14.2. The molecule has 2 aromatic carbocycles. The highest BCUT2D eigenvalue weighted by molar-refractivity contribution is 6.37. The molecule has 0 aromatic heterocycles. The van der Waals surface area contributed by atoms with E-state index in [1.807, 2.05) is 0 Å². The van der Waals surface area contributed by atoms with Crippen molar-refractivity contribution in [2.24, 2.45) is 11.7 Å². The van der Waals surface area contributed by atoms with Crippen LogP contribution in [0.5, 0.6) is 5.75 Å². The molecule has 6 nitrogen and oxygen atoms in total. The lowest BCUT2D eigenvalue weighted by molar-refractivity contribution is -0.138. The number of rotatable bonds is 6. The monoisotopic (exact) mass is 374 g/mol. The van der Waals surface area contributed by atoms with Crippen molar-refractivity contribution < 1.29 is 27.9 Å². The molecule has 2 amide bonds. The predicted molar refractivity (Wildman–Crippen MR) is 91.8 cm³/mol. The number of nitrogens with zero attached hydrogens (tertiary/aromatic N) is 1. The second-order valence-corrected chi connectivity index (χ2v) is 6.16. The maximum absolute atomic E-state index is 13.2. The van der Waals surface area contributed by atoms with Crippen LogP contribution in [0.4, 0.5) is 14.5 Å². The van der Waals surface area contributed by atoms with Crippen LogP contribution in [0.25, 0.3) is 0 Å². The zero-order chi connectivity index (χ0) is 19.6. The van der Waals surface area contributed by atoms with E-state index < -0.39 is 29.2 Å². The van der Waals surface area contributed by atoms with Crippen LogP contribution in [0.2, 0.25) is 0 Å². The van der Waals surface area contributed by atoms with E-state index in [0.29, 0.717) is 17.0 Å². The van der Waals surface area contributed by atoms with Crippen LogP contribution in [0.3, 0.4) is 0 Å². The smallest absolute Gasteiger partial charge is 0.285 e. The molecule has 0 bridgehead atoms. The van der Waals surface area contributed by atoms with Gasteiger partial charge in [0.15, 0.2) is 11.6 Å². The molecule has 1 heterocycles. The minimum absolute atomic E-state index is 0.0500. The quantitative estimate of drug-likeness (QED) is 0.783. The average molecular weight is 374 g/mol. The Hall–Kier alpha value is -3.29. The third-order valence-corrected chi connectivity index (χ3v) is 4.28. The zero-order valence-corrected chi connectivity index (χ0v) is 14.2. The molecule has 1 aliphatic heterocycles. The number of hydrogen-bond donors (Lipinski definition) is 1. The largest absolute Gasteiger partial charge is 0.489 e. The number of hydrogen-bond acceptors (Lipinski definition) is 4. The third-order valence-electron chi connectivity index (χ3n) is 4.28. The van der Waals surface area contributed by atoms with Gasteiger partial charge in [0.1, 0.15) is 12.4 Å². The molecule has 0 aliphatic carbocycles. The Bertz CT molecular complexity index is 899. The van der Waals surface area contributed by atoms with Gasteiger partial charge in [0.05, 0.1) is 5.92 Å². The summed E-state index contributed by atoms with van der Waals surface area (Å²) in [7, 11) is 0. The molecule has 1 saturated heterocycles. The average Bonchev–Trinajstić information content (AvgIpc) is 3.04. The highest BCUT2D eigenvalue weighted by atomic mass is 19.2. The minimum atomic E-state index is -1.05. The second kappa shape index (κ2) is 7.53. The number of carbonyl (C=O) groups is 3. The van der Waals surface area contributed by atoms with Crippen molar-refractivity contribution in [3.8, 4) is 5.75 Å². The number of benzene rings is 2. The summed E-state index contributed by atoms with van der Waals surface area (Å²) in [6, 6.07) is 10.0. The fraction of sp³-hybridized carbons (Fsp3) is 0.211. The van der Waals surface area contributed by atoms with Crippen LogP contribution in [0.1, 0.15) is 12.0 Å². The molecule has 0 spiro atoms. The Morgan fingerprint density at radius 1 is 1.11 bits per heavy atom. The van der Waals surface area contributed by atoms with Gasteiger partial charge in [0.25, 0.3) is 5.91 Å². The van der Waals surface area contributed by atoms with E-state index in [4.69, 9.17) is 10.5 Å². The molecule has 0 radical (unpaired) electrons. The lowest BCUT2D eigenvalue weighted by Gasteiger charge is -2.17. The first-order valence-corrected chi connectivity index (χ1v) is 8.16. The highest BCUT2D eigenvalue weighted by Crippen LogP contribution is 2.27. The molecule has 140 valence electrons. The van der Waals surface area contributed by atoms with Gasteiger partial charge in [0.2, 0.25) is 11.7 Å². The summed E-state index contributed by atoms with van der Waals surface area (Å²) < 4.78 is 31.6. The van der Waals surface area contributed by atoms with Gasteiger partial charge in [0, 0.05) is 18.7 Å². The number of Topliss-reactive ketones (excluding diaryl/α,β-unsaturated/α-hetero) is 1. The first kappa shape index (κ1) is 18.5. The van der Waals surface area contributed by atoms with Gasteiger partial charge in [-0.1, -0.05) is 6.07 Å². The van der Waals surface area contributed by atoms with Crippen molar-refractivity contribution in [1.29, 1.82) is 0 Å². The van der Waals surface area contributed by atoms with E-state index >= 15 is 0 Å². The number of halogens is 2. The van der Waals surface area contributed by atoms with Gasteiger partial charge in [-0.2, -0.15) is 0 Å². The molecule has 1 atom stereocenters. The van der Waals surface area contributed by atoms with Crippen molar-refractivity contribution in [3.05, 3.63) is 59.7 Å². The van der Waals surface area contributed by atoms with E-state index in [9.17, 15) is 23.2 Å².